The Morgan fingerprint density at radius 3 is 2.90 bits per heavy atom. The molecule has 0 spiro atoms. The molecule has 1 N–H and O–H groups in total. The van der Waals surface area contributed by atoms with Crippen molar-refractivity contribution in [1.82, 2.24) is 15.1 Å². The molecule has 0 bridgehead atoms. The maximum Gasteiger partial charge on any atom is 0.143 e. The van der Waals surface area contributed by atoms with Crippen molar-refractivity contribution >= 4 is 16.7 Å². The zero-order valence-corrected chi connectivity index (χ0v) is 12.1. The van der Waals surface area contributed by atoms with Crippen molar-refractivity contribution in [3.63, 3.8) is 0 Å². The molecule has 4 nitrogen and oxygen atoms in total. The van der Waals surface area contributed by atoms with Crippen LogP contribution in [0.5, 0.6) is 0 Å². The molecule has 4 heteroatoms. The summed E-state index contributed by atoms with van der Waals surface area (Å²) in [6.45, 7) is 6.81. The Balaban J connectivity index is 1.89. The number of rotatable bonds is 4. The number of benzene rings is 1. The van der Waals surface area contributed by atoms with Crippen molar-refractivity contribution in [2.75, 3.05) is 13.1 Å². The number of aromatic nitrogens is 2. The Kier molecular flexibility index (Phi) is 3.57. The number of fused-ring (bicyclic) bond motifs is 1. The summed E-state index contributed by atoms with van der Waals surface area (Å²) in [6, 6.07) is 8.16. The molecule has 1 fully saturated rings. The van der Waals surface area contributed by atoms with Gasteiger partial charge in [-0.1, -0.05) is 25.1 Å². The molecule has 0 saturated carbocycles. The number of nitrogens with zero attached hydrogens (tertiary/aromatic N) is 2. The minimum atomic E-state index is 0.139. The molecule has 0 aliphatic carbocycles. The molecule has 3 rings (SSSR count). The van der Waals surface area contributed by atoms with Crippen LogP contribution in [0.1, 0.15) is 19.5 Å². The van der Waals surface area contributed by atoms with Gasteiger partial charge in [-0.3, -0.25) is 9.48 Å². The third-order valence-corrected chi connectivity index (χ3v) is 4.31. The van der Waals surface area contributed by atoms with Gasteiger partial charge in [-0.15, -0.1) is 0 Å². The van der Waals surface area contributed by atoms with E-state index in [1.807, 2.05) is 16.8 Å². The number of nitrogens with one attached hydrogen (secondary N) is 1. The molecule has 2 unspecified atom stereocenters. The van der Waals surface area contributed by atoms with Crippen molar-refractivity contribution in [3.05, 3.63) is 30.0 Å². The van der Waals surface area contributed by atoms with Gasteiger partial charge in [0.1, 0.15) is 5.78 Å². The van der Waals surface area contributed by atoms with E-state index in [2.05, 4.69) is 36.4 Å². The first-order chi connectivity index (χ1) is 9.70. The molecule has 0 amide bonds. The molecule has 2 heterocycles. The average molecular weight is 271 g/mol. The van der Waals surface area contributed by atoms with Crippen molar-refractivity contribution in [1.29, 1.82) is 0 Å². The van der Waals surface area contributed by atoms with Crippen molar-refractivity contribution < 1.29 is 4.79 Å². The van der Waals surface area contributed by atoms with Crippen molar-refractivity contribution in [2.24, 2.45) is 11.8 Å². The zero-order valence-electron chi connectivity index (χ0n) is 12.1. The molecule has 1 aliphatic rings. The van der Waals surface area contributed by atoms with E-state index in [1.165, 1.54) is 0 Å². The van der Waals surface area contributed by atoms with Crippen LogP contribution in [0.2, 0.25) is 0 Å². The highest BCUT2D eigenvalue weighted by atomic mass is 16.1. The van der Waals surface area contributed by atoms with E-state index in [0.29, 0.717) is 18.1 Å². The van der Waals surface area contributed by atoms with Crippen molar-refractivity contribution in [2.45, 2.75) is 26.8 Å². The Morgan fingerprint density at radius 2 is 2.20 bits per heavy atom. The predicted octanol–water partition coefficient (Wildman–Crippen LogP) is 2.02. The number of Topliss-reactive ketones (excluding diaryl/α,β-unsaturated/α-hetero) is 1. The van der Waals surface area contributed by atoms with Gasteiger partial charge in [-0.25, -0.2) is 0 Å². The fraction of sp³-hybridized carbons (Fsp3) is 0.500. The number of aryl methyl sites for hydroxylation is 1. The second-order valence-corrected chi connectivity index (χ2v) is 5.66. The minimum absolute atomic E-state index is 0.139. The summed E-state index contributed by atoms with van der Waals surface area (Å²) in [6.07, 6.45) is 0.449. The van der Waals surface area contributed by atoms with Gasteiger partial charge < -0.3 is 5.32 Å². The van der Waals surface area contributed by atoms with Crippen LogP contribution in [0.15, 0.2) is 24.3 Å². The van der Waals surface area contributed by atoms with Gasteiger partial charge in [0.2, 0.25) is 0 Å². The van der Waals surface area contributed by atoms with Crippen LogP contribution in [-0.4, -0.2) is 28.7 Å². The lowest BCUT2D eigenvalue weighted by molar-refractivity contribution is -0.122. The second kappa shape index (κ2) is 5.37. The molecule has 106 valence electrons. The van der Waals surface area contributed by atoms with Gasteiger partial charge in [0, 0.05) is 24.4 Å². The third kappa shape index (κ3) is 2.24. The summed E-state index contributed by atoms with van der Waals surface area (Å²) in [5.41, 5.74) is 2.04. The Morgan fingerprint density at radius 1 is 1.40 bits per heavy atom. The van der Waals surface area contributed by atoms with E-state index in [-0.39, 0.29) is 5.92 Å². The highest BCUT2D eigenvalue weighted by Gasteiger charge is 2.30. The van der Waals surface area contributed by atoms with Crippen molar-refractivity contribution in [3.8, 4) is 0 Å². The third-order valence-electron chi connectivity index (χ3n) is 4.31. The van der Waals surface area contributed by atoms with E-state index >= 15 is 0 Å². The van der Waals surface area contributed by atoms with Gasteiger partial charge in [0.25, 0.3) is 0 Å². The Labute approximate surface area is 119 Å². The van der Waals surface area contributed by atoms with Crippen LogP contribution in [0.4, 0.5) is 0 Å². The largest absolute Gasteiger partial charge is 0.316 e. The number of carbonyl (C=O) groups is 1. The molecular weight excluding hydrogens is 250 g/mol. The summed E-state index contributed by atoms with van der Waals surface area (Å²) >= 11 is 0. The molecule has 1 aromatic carbocycles. The lowest BCUT2D eigenvalue weighted by Gasteiger charge is -2.11. The van der Waals surface area contributed by atoms with Crippen LogP contribution in [0.25, 0.3) is 10.9 Å². The molecule has 1 saturated heterocycles. The number of carbonyl (C=O) groups excluding carboxylic acids is 1. The number of ketones is 1. The van der Waals surface area contributed by atoms with E-state index in [0.717, 1.165) is 36.2 Å². The van der Waals surface area contributed by atoms with E-state index in [1.54, 1.807) is 0 Å². The lowest BCUT2D eigenvalue weighted by Crippen LogP contribution is -2.23. The van der Waals surface area contributed by atoms with Crippen LogP contribution in [0, 0.1) is 11.8 Å². The maximum absolute atomic E-state index is 12.5. The topological polar surface area (TPSA) is 46.9 Å². The molecular formula is C16H21N3O. The SMILES string of the molecule is CCn1nc(CC(=O)C2CNCC2C)c2ccccc21. The standard InChI is InChI=1S/C16H21N3O/c1-3-19-15-7-5-4-6-12(15)14(18-19)8-16(20)13-10-17-9-11(13)2/h4-7,11,13,17H,3,8-10H2,1-2H3. The Bertz CT molecular complexity index is 632. The average Bonchev–Trinajstić information content (AvgIpc) is 3.03. The zero-order chi connectivity index (χ0) is 14.1. The molecule has 1 aromatic heterocycles. The molecule has 2 atom stereocenters. The first-order valence-electron chi connectivity index (χ1n) is 7.38. The lowest BCUT2D eigenvalue weighted by atomic mass is 9.91. The van der Waals surface area contributed by atoms with Gasteiger partial charge in [0.05, 0.1) is 17.6 Å². The van der Waals surface area contributed by atoms with Crippen LogP contribution in [0.3, 0.4) is 0 Å². The van der Waals surface area contributed by atoms with Crippen LogP contribution in [-0.2, 0) is 17.8 Å². The van der Waals surface area contributed by atoms with Crippen LogP contribution >= 0.6 is 0 Å². The van der Waals surface area contributed by atoms with Gasteiger partial charge in [-0.2, -0.15) is 5.10 Å². The summed E-state index contributed by atoms with van der Waals surface area (Å²) < 4.78 is 1.98. The predicted molar refractivity (Wildman–Crippen MR) is 79.6 cm³/mol. The number of hydrogen-bond donors (Lipinski definition) is 1. The van der Waals surface area contributed by atoms with E-state index in [4.69, 9.17) is 0 Å². The number of hydrogen-bond acceptors (Lipinski definition) is 3. The summed E-state index contributed by atoms with van der Waals surface area (Å²) in [7, 11) is 0. The van der Waals surface area contributed by atoms with Gasteiger partial charge in [-0.05, 0) is 25.5 Å². The highest BCUT2D eigenvalue weighted by molar-refractivity contribution is 5.90. The minimum Gasteiger partial charge on any atom is -0.316 e. The van der Waals surface area contributed by atoms with E-state index in [9.17, 15) is 4.79 Å². The van der Waals surface area contributed by atoms with Gasteiger partial charge >= 0.3 is 0 Å². The monoisotopic (exact) mass is 271 g/mol. The molecule has 20 heavy (non-hydrogen) atoms. The first-order valence-corrected chi connectivity index (χ1v) is 7.38. The normalized spacial score (nSPS) is 22.5. The fourth-order valence-corrected chi connectivity index (χ4v) is 3.11. The molecule has 2 aromatic rings. The molecule has 1 aliphatic heterocycles. The second-order valence-electron chi connectivity index (χ2n) is 5.66. The summed E-state index contributed by atoms with van der Waals surface area (Å²) in [5, 5.41) is 9.03. The van der Waals surface area contributed by atoms with E-state index < -0.39 is 0 Å². The quantitative estimate of drug-likeness (QED) is 0.925. The molecule has 0 radical (unpaired) electrons. The smallest absolute Gasteiger partial charge is 0.143 e. The van der Waals surface area contributed by atoms with Gasteiger partial charge in [0.15, 0.2) is 0 Å². The number of para-hydroxylation sites is 1. The highest BCUT2D eigenvalue weighted by Crippen LogP contribution is 2.23. The summed E-state index contributed by atoms with van der Waals surface area (Å²) in [5.74, 6) is 0.886. The summed E-state index contributed by atoms with van der Waals surface area (Å²) in [4.78, 5) is 12.5. The maximum atomic E-state index is 12.5. The fourth-order valence-electron chi connectivity index (χ4n) is 3.11. The Hall–Kier alpha value is -1.68. The first kappa shape index (κ1) is 13.3. The van der Waals surface area contributed by atoms with Crippen LogP contribution < -0.4 is 5.32 Å².